The number of nitrogens with one attached hydrogen (secondary N) is 4. The fraction of sp³-hybridized carbons (Fsp3) is 0.909. The lowest BCUT2D eigenvalue weighted by atomic mass is 9.82. The predicted octanol–water partition coefficient (Wildman–Crippen LogP) is 2.77. The fourth-order valence-corrected chi connectivity index (χ4v) is 4.93. The Labute approximate surface area is 180 Å². The molecule has 2 aliphatic carbocycles. The van der Waals surface area contributed by atoms with E-state index in [0.717, 1.165) is 44.9 Å². The molecule has 1 saturated heterocycles. The van der Waals surface area contributed by atoms with Crippen LogP contribution in [0.5, 0.6) is 0 Å². The number of alkyl halides is 1. The molecule has 172 valence electrons. The van der Waals surface area contributed by atoms with Crippen molar-refractivity contribution in [1.82, 2.24) is 21.5 Å². The van der Waals surface area contributed by atoms with Crippen molar-refractivity contribution in [3.05, 3.63) is 0 Å². The van der Waals surface area contributed by atoms with Crippen LogP contribution < -0.4 is 21.5 Å². The smallest absolute Gasteiger partial charge is 0.232 e. The summed E-state index contributed by atoms with van der Waals surface area (Å²) in [6, 6.07) is 0.286. The highest BCUT2D eigenvalue weighted by Gasteiger charge is 2.35. The Hall–Kier alpha value is -1.25. The first-order chi connectivity index (χ1) is 14.2. The van der Waals surface area contributed by atoms with Gasteiger partial charge in [0, 0.05) is 25.1 Å². The molecule has 0 spiro atoms. The summed E-state index contributed by atoms with van der Waals surface area (Å²) in [5.74, 6) is 0.804. The number of carbonyl (C=O) groups is 1. The summed E-state index contributed by atoms with van der Waals surface area (Å²) >= 11 is 0. The first kappa shape index (κ1) is 23.4. The van der Waals surface area contributed by atoms with Crippen molar-refractivity contribution in [3.63, 3.8) is 0 Å². The van der Waals surface area contributed by atoms with Gasteiger partial charge in [-0.1, -0.05) is 12.8 Å². The van der Waals surface area contributed by atoms with Gasteiger partial charge in [-0.25, -0.2) is 14.8 Å². The number of amides is 1. The van der Waals surface area contributed by atoms with Gasteiger partial charge in [0.15, 0.2) is 5.96 Å². The summed E-state index contributed by atoms with van der Waals surface area (Å²) in [5, 5.41) is 6.38. The van der Waals surface area contributed by atoms with Crippen LogP contribution in [0.3, 0.4) is 0 Å². The van der Waals surface area contributed by atoms with Gasteiger partial charge in [0.25, 0.3) is 0 Å². The maximum Gasteiger partial charge on any atom is 0.232 e. The van der Waals surface area contributed by atoms with E-state index in [9.17, 15) is 9.18 Å². The van der Waals surface area contributed by atoms with E-state index in [1.54, 1.807) is 7.11 Å². The van der Waals surface area contributed by atoms with Crippen LogP contribution in [0.15, 0.2) is 4.99 Å². The van der Waals surface area contributed by atoms with Gasteiger partial charge in [-0.3, -0.25) is 15.5 Å². The van der Waals surface area contributed by atoms with Gasteiger partial charge in [0.1, 0.15) is 12.3 Å². The lowest BCUT2D eigenvalue weighted by molar-refractivity contribution is -0.129. The molecule has 0 aromatic heterocycles. The predicted molar refractivity (Wildman–Crippen MR) is 117 cm³/mol. The minimum atomic E-state index is -0.641. The molecule has 0 bridgehead atoms. The van der Waals surface area contributed by atoms with Gasteiger partial charge >= 0.3 is 0 Å². The summed E-state index contributed by atoms with van der Waals surface area (Å²) in [7, 11) is 1.68. The third-order valence-corrected chi connectivity index (χ3v) is 6.54. The van der Waals surface area contributed by atoms with Crippen molar-refractivity contribution < 1.29 is 13.9 Å². The van der Waals surface area contributed by atoms with Crippen LogP contribution in [0.2, 0.25) is 0 Å². The summed E-state index contributed by atoms with van der Waals surface area (Å²) in [4.78, 5) is 17.8. The Morgan fingerprint density at radius 2 is 1.77 bits per heavy atom. The maximum atomic E-state index is 13.5. The normalized spacial score (nSPS) is 35.8. The van der Waals surface area contributed by atoms with E-state index in [1.807, 2.05) is 20.8 Å². The summed E-state index contributed by atoms with van der Waals surface area (Å²) in [5.41, 5.74) is 6.38. The van der Waals surface area contributed by atoms with E-state index in [-0.39, 0.29) is 35.7 Å². The lowest BCUT2D eigenvalue weighted by Gasteiger charge is -2.31. The average molecular weight is 426 g/mol. The molecule has 1 heterocycles. The molecule has 0 radical (unpaired) electrons. The number of hydrogen-bond donors (Lipinski definition) is 4. The molecular formula is C22H40FN5O2. The summed E-state index contributed by atoms with van der Waals surface area (Å²) in [6.45, 7) is 6.14. The largest absolute Gasteiger partial charge is 0.381 e. The molecule has 4 unspecified atom stereocenters. The molecule has 8 heteroatoms. The van der Waals surface area contributed by atoms with Crippen LogP contribution in [0.1, 0.15) is 78.6 Å². The molecule has 4 N–H and O–H groups in total. The molecule has 0 aromatic carbocycles. The first-order valence-electron chi connectivity index (χ1n) is 11.6. The topological polar surface area (TPSA) is 86.8 Å². The number of rotatable bonds is 4. The summed E-state index contributed by atoms with van der Waals surface area (Å²) in [6.07, 6.45) is 7.10. The van der Waals surface area contributed by atoms with Crippen molar-refractivity contribution in [1.29, 1.82) is 0 Å². The Kier molecular flexibility index (Phi) is 8.10. The van der Waals surface area contributed by atoms with Crippen LogP contribution in [0.4, 0.5) is 4.39 Å². The van der Waals surface area contributed by atoms with E-state index in [2.05, 4.69) is 21.5 Å². The fourth-order valence-electron chi connectivity index (χ4n) is 4.93. The van der Waals surface area contributed by atoms with E-state index >= 15 is 0 Å². The van der Waals surface area contributed by atoms with Crippen LogP contribution in [-0.2, 0) is 9.53 Å². The number of ether oxygens (including phenoxy) is 1. The Morgan fingerprint density at radius 3 is 2.43 bits per heavy atom. The average Bonchev–Trinajstić information content (AvgIpc) is 3.15. The SMILES string of the molecule is COC1CCCCC1C(=O)N/C(=N/C1CC(C2CCC(F)CC2)NN1)NC(C)(C)C. The molecule has 4 atom stereocenters. The van der Waals surface area contributed by atoms with Gasteiger partial charge in [-0.05, 0) is 65.2 Å². The van der Waals surface area contributed by atoms with E-state index in [1.165, 1.54) is 0 Å². The van der Waals surface area contributed by atoms with Crippen molar-refractivity contribution in [2.24, 2.45) is 16.8 Å². The minimum absolute atomic E-state index is 0.0270. The van der Waals surface area contributed by atoms with E-state index in [0.29, 0.717) is 24.7 Å². The van der Waals surface area contributed by atoms with Crippen molar-refractivity contribution in [3.8, 4) is 0 Å². The molecule has 1 aliphatic heterocycles. The highest BCUT2D eigenvalue weighted by atomic mass is 19.1. The number of guanidine groups is 1. The number of methoxy groups -OCH3 is 1. The van der Waals surface area contributed by atoms with Gasteiger partial charge in [-0.15, -0.1) is 0 Å². The highest BCUT2D eigenvalue weighted by Crippen LogP contribution is 2.31. The third kappa shape index (κ3) is 6.62. The molecular weight excluding hydrogens is 385 g/mol. The molecule has 30 heavy (non-hydrogen) atoms. The third-order valence-electron chi connectivity index (χ3n) is 6.54. The van der Waals surface area contributed by atoms with Crippen molar-refractivity contribution in [2.45, 2.75) is 109 Å². The Morgan fingerprint density at radius 1 is 1.07 bits per heavy atom. The van der Waals surface area contributed by atoms with Crippen LogP contribution >= 0.6 is 0 Å². The van der Waals surface area contributed by atoms with Crippen molar-refractivity contribution in [2.75, 3.05) is 7.11 Å². The Balaban J connectivity index is 1.63. The van der Waals surface area contributed by atoms with Gasteiger partial charge in [0.05, 0.1) is 12.0 Å². The molecule has 1 amide bonds. The first-order valence-corrected chi connectivity index (χ1v) is 11.6. The van der Waals surface area contributed by atoms with Gasteiger partial charge < -0.3 is 10.1 Å². The second kappa shape index (κ2) is 10.4. The standard InChI is InChI=1S/C22H40FN5O2/c1-22(2,3)26-21(25-20(29)16-7-5-6-8-18(16)30-4)24-19-13-17(27-28-19)14-9-11-15(23)12-10-14/h14-19,27-28H,5-13H2,1-4H3,(H2,24,25,26,29). The number of hydrazine groups is 1. The second-order valence-electron chi connectivity index (χ2n) is 10.2. The molecule has 3 fully saturated rings. The van der Waals surface area contributed by atoms with E-state index < -0.39 is 6.17 Å². The zero-order valence-corrected chi connectivity index (χ0v) is 19.0. The quantitative estimate of drug-likeness (QED) is 0.411. The van der Waals surface area contributed by atoms with Crippen LogP contribution in [0, 0.1) is 11.8 Å². The van der Waals surface area contributed by atoms with Crippen LogP contribution in [0.25, 0.3) is 0 Å². The van der Waals surface area contributed by atoms with E-state index in [4.69, 9.17) is 9.73 Å². The number of hydrogen-bond acceptors (Lipinski definition) is 5. The molecule has 3 aliphatic rings. The zero-order valence-electron chi connectivity index (χ0n) is 19.0. The molecule has 2 saturated carbocycles. The van der Waals surface area contributed by atoms with Gasteiger partial charge in [-0.2, -0.15) is 0 Å². The monoisotopic (exact) mass is 425 g/mol. The number of aliphatic imine (C=N–C) groups is 1. The van der Waals surface area contributed by atoms with Gasteiger partial charge in [0.2, 0.25) is 5.91 Å². The molecule has 0 aromatic rings. The highest BCUT2D eigenvalue weighted by molar-refractivity contribution is 5.98. The number of nitrogens with zero attached hydrogens (tertiary/aromatic N) is 1. The maximum absolute atomic E-state index is 13.5. The number of halogens is 1. The zero-order chi connectivity index (χ0) is 21.7. The Bertz CT molecular complexity index is 601. The van der Waals surface area contributed by atoms with Crippen molar-refractivity contribution >= 4 is 11.9 Å². The molecule has 3 rings (SSSR count). The summed E-state index contributed by atoms with van der Waals surface area (Å²) < 4.78 is 19.0. The minimum Gasteiger partial charge on any atom is -0.381 e. The molecule has 7 nitrogen and oxygen atoms in total. The van der Waals surface area contributed by atoms with Crippen LogP contribution in [-0.4, -0.2) is 49.0 Å². The number of carbonyl (C=O) groups excluding carboxylic acids is 1. The lowest BCUT2D eigenvalue weighted by Crippen LogP contribution is -2.53. The second-order valence-corrected chi connectivity index (χ2v) is 10.2.